The third-order valence-corrected chi connectivity index (χ3v) is 1.90. The lowest BCUT2D eigenvalue weighted by Gasteiger charge is -2.20. The van der Waals surface area contributed by atoms with Crippen LogP contribution in [0.4, 0.5) is 13.6 Å². The van der Waals surface area contributed by atoms with Gasteiger partial charge in [-0.3, -0.25) is 4.79 Å². The average Bonchev–Trinajstić information content (AvgIpc) is 2.13. The summed E-state index contributed by atoms with van der Waals surface area (Å²) in [6.45, 7) is 8.57. The summed E-state index contributed by atoms with van der Waals surface area (Å²) < 4.78 is 28.3. The van der Waals surface area contributed by atoms with Crippen molar-refractivity contribution in [2.24, 2.45) is 5.73 Å². The molecule has 0 aromatic heterocycles. The predicted octanol–water partition coefficient (Wildman–Crippen LogP) is 1.97. The van der Waals surface area contributed by atoms with Gasteiger partial charge in [-0.1, -0.05) is 0 Å². The number of nitrogens with two attached hydrogens (primary N) is 1. The second kappa shape index (κ2) is 7.98. The summed E-state index contributed by atoms with van der Waals surface area (Å²) in [6.07, 6.45) is -0.720. The minimum Gasteiger partial charge on any atom is -0.480 e. The number of carbonyl (C=O) groups excluding carboxylic acids is 1. The molecule has 0 bridgehead atoms. The first kappa shape index (κ1) is 20.9. The van der Waals surface area contributed by atoms with Gasteiger partial charge in [0.2, 0.25) is 0 Å². The molecule has 0 saturated heterocycles. The number of aliphatic carboxylic acids is 1. The Hall–Kier alpha value is -1.44. The van der Waals surface area contributed by atoms with Crippen LogP contribution >= 0.6 is 0 Å². The Balaban J connectivity index is 0. The van der Waals surface area contributed by atoms with Crippen molar-refractivity contribution in [3.8, 4) is 0 Å². The molecular weight excluding hydrogens is 274 g/mol. The molecule has 0 aliphatic heterocycles. The van der Waals surface area contributed by atoms with Gasteiger partial charge in [-0.25, -0.2) is 13.6 Å². The summed E-state index contributed by atoms with van der Waals surface area (Å²) in [7, 11) is 0. The number of halogens is 2. The van der Waals surface area contributed by atoms with Crippen LogP contribution in [0, 0.1) is 0 Å². The second-order valence-electron chi connectivity index (χ2n) is 5.45. The lowest BCUT2D eigenvalue weighted by atomic mass is 10.2. The number of hydrogen-bond donors (Lipinski definition) is 3. The van der Waals surface area contributed by atoms with Crippen molar-refractivity contribution in [2.75, 3.05) is 0 Å². The third kappa shape index (κ3) is 13.0. The van der Waals surface area contributed by atoms with E-state index in [2.05, 4.69) is 5.32 Å². The van der Waals surface area contributed by atoms with Crippen molar-refractivity contribution < 1.29 is 28.2 Å². The first-order valence-corrected chi connectivity index (χ1v) is 6.02. The number of alkyl halides is 2. The number of ether oxygens (including phenoxy) is 1. The molecule has 4 N–H and O–H groups in total. The number of hydrogen-bond acceptors (Lipinski definition) is 4. The highest BCUT2D eigenvalue weighted by Crippen LogP contribution is 2.13. The molecule has 0 fully saturated rings. The van der Waals surface area contributed by atoms with Gasteiger partial charge in [0, 0.05) is 6.92 Å². The molecule has 0 aromatic carbocycles. The average molecular weight is 298 g/mol. The summed E-state index contributed by atoms with van der Waals surface area (Å²) in [5.74, 6) is -3.81. The van der Waals surface area contributed by atoms with E-state index in [-0.39, 0.29) is 0 Å². The van der Waals surface area contributed by atoms with Crippen LogP contribution in [0.1, 0.15) is 41.5 Å². The first-order chi connectivity index (χ1) is 8.66. The van der Waals surface area contributed by atoms with E-state index in [9.17, 15) is 18.4 Å². The Labute approximate surface area is 117 Å². The van der Waals surface area contributed by atoms with E-state index in [0.717, 1.165) is 6.92 Å². The van der Waals surface area contributed by atoms with Crippen LogP contribution < -0.4 is 11.1 Å². The zero-order valence-electron chi connectivity index (χ0n) is 12.7. The van der Waals surface area contributed by atoms with Gasteiger partial charge in [-0.2, -0.15) is 0 Å². The van der Waals surface area contributed by atoms with Gasteiger partial charge in [-0.15, -0.1) is 0 Å². The van der Waals surface area contributed by atoms with Crippen molar-refractivity contribution in [1.29, 1.82) is 0 Å². The lowest BCUT2D eigenvalue weighted by Crippen LogP contribution is -2.41. The van der Waals surface area contributed by atoms with Crippen molar-refractivity contribution >= 4 is 12.1 Å². The minimum absolute atomic E-state index is 0.609. The van der Waals surface area contributed by atoms with Crippen LogP contribution in [0.25, 0.3) is 0 Å². The monoisotopic (exact) mass is 298 g/mol. The minimum atomic E-state index is -2.72. The molecule has 2 atom stereocenters. The van der Waals surface area contributed by atoms with Crippen molar-refractivity contribution in [1.82, 2.24) is 5.32 Å². The summed E-state index contributed by atoms with van der Waals surface area (Å²) in [5, 5.41) is 10.6. The molecule has 120 valence electrons. The maximum Gasteiger partial charge on any atom is 0.408 e. The molecule has 0 aliphatic rings. The number of nitrogens with one attached hydrogen (secondary N) is 1. The van der Waals surface area contributed by atoms with Gasteiger partial charge < -0.3 is 20.9 Å². The summed E-state index contributed by atoms with van der Waals surface area (Å²) in [4.78, 5) is 21.3. The number of amides is 1. The van der Waals surface area contributed by atoms with Crippen LogP contribution in [-0.4, -0.2) is 40.8 Å². The van der Waals surface area contributed by atoms with Crippen LogP contribution in [0.5, 0.6) is 0 Å². The topological polar surface area (TPSA) is 102 Å². The zero-order chi connectivity index (χ0) is 16.7. The molecule has 6 nitrogen and oxygen atoms in total. The molecule has 0 rings (SSSR count). The van der Waals surface area contributed by atoms with Gasteiger partial charge in [0.25, 0.3) is 5.92 Å². The van der Waals surface area contributed by atoms with Crippen molar-refractivity contribution in [2.45, 2.75) is 65.1 Å². The molecular formula is C12H24F2N2O4. The highest BCUT2D eigenvalue weighted by Gasteiger charge is 2.26. The molecule has 0 unspecified atom stereocenters. The lowest BCUT2D eigenvalue weighted by molar-refractivity contribution is -0.139. The largest absolute Gasteiger partial charge is 0.480 e. The van der Waals surface area contributed by atoms with Crippen LogP contribution in [-0.2, 0) is 9.53 Å². The molecule has 0 aromatic rings. The van der Waals surface area contributed by atoms with Gasteiger partial charge in [0.05, 0.1) is 6.04 Å². The Morgan fingerprint density at radius 3 is 1.75 bits per heavy atom. The number of carboxylic acid groups (broad SMARTS) is 1. The smallest absolute Gasteiger partial charge is 0.408 e. The highest BCUT2D eigenvalue weighted by atomic mass is 19.3. The molecule has 0 radical (unpaired) electrons. The van der Waals surface area contributed by atoms with Gasteiger partial charge >= 0.3 is 12.1 Å². The van der Waals surface area contributed by atoms with Crippen LogP contribution in [0.15, 0.2) is 0 Å². The Morgan fingerprint density at radius 1 is 1.20 bits per heavy atom. The number of rotatable bonds is 3. The second-order valence-corrected chi connectivity index (χ2v) is 5.45. The maximum absolute atomic E-state index is 11.7. The zero-order valence-corrected chi connectivity index (χ0v) is 12.7. The fraction of sp³-hybridized carbons (Fsp3) is 0.833. The number of carbonyl (C=O) groups is 2. The van der Waals surface area contributed by atoms with E-state index in [1.54, 1.807) is 20.8 Å². The molecule has 8 heteroatoms. The van der Waals surface area contributed by atoms with Crippen molar-refractivity contribution in [3.05, 3.63) is 0 Å². The Bertz CT molecular complexity index is 322. The SMILES string of the molecule is C[C@@H](N)C(C)(F)F.C[C@@H](NC(=O)OC(C)(C)C)C(=O)O. The molecule has 1 amide bonds. The van der Waals surface area contributed by atoms with Gasteiger partial charge in [0.15, 0.2) is 0 Å². The summed E-state index contributed by atoms with van der Waals surface area (Å²) in [6, 6.07) is -1.97. The van der Waals surface area contributed by atoms with Crippen LogP contribution in [0.3, 0.4) is 0 Å². The fourth-order valence-corrected chi connectivity index (χ4v) is 0.546. The third-order valence-electron chi connectivity index (χ3n) is 1.90. The Morgan fingerprint density at radius 2 is 1.55 bits per heavy atom. The van der Waals surface area contributed by atoms with E-state index in [1.165, 1.54) is 13.8 Å². The first-order valence-electron chi connectivity index (χ1n) is 6.02. The van der Waals surface area contributed by atoms with E-state index >= 15 is 0 Å². The normalized spacial score (nSPS) is 14.4. The molecule has 0 spiro atoms. The van der Waals surface area contributed by atoms with Crippen molar-refractivity contribution in [3.63, 3.8) is 0 Å². The Kier molecular flexibility index (Phi) is 8.33. The molecule has 20 heavy (non-hydrogen) atoms. The maximum atomic E-state index is 11.7. The highest BCUT2D eigenvalue weighted by molar-refractivity contribution is 5.79. The standard InChI is InChI=1S/C8H15NO4.C4H9F2N/c1-5(6(10)11)9-7(12)13-8(2,3)4;1-3(7)4(2,5)6/h5H,1-4H3,(H,9,12)(H,10,11);3H,7H2,1-2H3/t5-;3-/m11/s1. The summed E-state index contributed by atoms with van der Waals surface area (Å²) in [5.41, 5.74) is 4.21. The van der Waals surface area contributed by atoms with Gasteiger partial charge in [0.1, 0.15) is 11.6 Å². The quantitative estimate of drug-likeness (QED) is 0.739. The molecule has 0 saturated carbocycles. The van der Waals surface area contributed by atoms with Gasteiger partial charge in [-0.05, 0) is 34.6 Å². The molecule has 0 heterocycles. The fourth-order valence-electron chi connectivity index (χ4n) is 0.546. The molecule has 0 aliphatic carbocycles. The van der Waals surface area contributed by atoms with E-state index in [0.29, 0.717) is 0 Å². The summed E-state index contributed by atoms with van der Waals surface area (Å²) >= 11 is 0. The number of alkyl carbamates (subject to hydrolysis) is 1. The van der Waals surface area contributed by atoms with E-state index in [1.807, 2.05) is 0 Å². The number of carboxylic acids is 1. The van der Waals surface area contributed by atoms with E-state index in [4.69, 9.17) is 15.6 Å². The predicted molar refractivity (Wildman–Crippen MR) is 70.7 cm³/mol. The van der Waals surface area contributed by atoms with Crippen LogP contribution in [0.2, 0.25) is 0 Å². The van der Waals surface area contributed by atoms with E-state index < -0.39 is 35.7 Å².